The summed E-state index contributed by atoms with van der Waals surface area (Å²) in [4.78, 5) is 0. The molecule has 0 saturated heterocycles. The molecule has 0 unspecified atom stereocenters. The lowest BCUT2D eigenvalue weighted by molar-refractivity contribution is 1.06. The fourth-order valence-electron chi connectivity index (χ4n) is 3.03. The van der Waals surface area contributed by atoms with E-state index in [0.717, 1.165) is 27.7 Å². The highest BCUT2D eigenvalue weighted by Gasteiger charge is 2.13. The molecule has 0 saturated carbocycles. The molecule has 1 N–H and O–H groups in total. The van der Waals surface area contributed by atoms with Gasteiger partial charge >= 0.3 is 0 Å². The maximum absolute atomic E-state index is 6.11. The van der Waals surface area contributed by atoms with Crippen LogP contribution in [0.3, 0.4) is 0 Å². The molecule has 3 nitrogen and oxygen atoms in total. The van der Waals surface area contributed by atoms with E-state index >= 15 is 0 Å². The Labute approximate surface area is 168 Å². The second-order valence-corrected chi connectivity index (χ2v) is 7.39. The highest BCUT2D eigenvalue weighted by molar-refractivity contribution is 6.31. The molecule has 4 rings (SSSR count). The van der Waals surface area contributed by atoms with Gasteiger partial charge in [-0.1, -0.05) is 41.4 Å². The summed E-state index contributed by atoms with van der Waals surface area (Å²) in [6.45, 7) is 4.20. The van der Waals surface area contributed by atoms with Crippen molar-refractivity contribution in [3.8, 4) is 11.3 Å². The van der Waals surface area contributed by atoms with Gasteiger partial charge in [0.15, 0.2) is 5.82 Å². The predicted octanol–water partition coefficient (Wildman–Crippen LogP) is 6.96. The Morgan fingerprint density at radius 1 is 0.741 bits per heavy atom. The first-order valence-electron chi connectivity index (χ1n) is 8.57. The molecule has 134 valence electrons. The molecule has 0 fully saturated rings. The van der Waals surface area contributed by atoms with Crippen LogP contribution >= 0.6 is 23.2 Å². The van der Waals surface area contributed by atoms with E-state index in [0.29, 0.717) is 15.9 Å². The van der Waals surface area contributed by atoms with Crippen LogP contribution in [0.15, 0.2) is 60.7 Å². The number of fused-ring (bicyclic) bond motifs is 1. The number of aromatic nitrogens is 2. The molecular formula is C22H17Cl2N3. The van der Waals surface area contributed by atoms with Crippen molar-refractivity contribution < 1.29 is 0 Å². The molecule has 3 aromatic carbocycles. The molecule has 0 amide bonds. The van der Waals surface area contributed by atoms with Crippen molar-refractivity contribution in [1.82, 2.24) is 10.2 Å². The average Bonchev–Trinajstić information content (AvgIpc) is 2.64. The molecule has 0 aliphatic carbocycles. The molecule has 1 aromatic heterocycles. The highest BCUT2D eigenvalue weighted by atomic mass is 35.5. The molecule has 0 aliphatic heterocycles. The Bertz CT molecular complexity index is 1140. The van der Waals surface area contributed by atoms with Crippen LogP contribution in [-0.2, 0) is 0 Å². The molecule has 1 heterocycles. The van der Waals surface area contributed by atoms with Crippen molar-refractivity contribution in [3.05, 3.63) is 81.8 Å². The van der Waals surface area contributed by atoms with Gasteiger partial charge in [0, 0.05) is 32.1 Å². The number of halogens is 2. The van der Waals surface area contributed by atoms with Gasteiger partial charge in [0.1, 0.15) is 5.69 Å². The van der Waals surface area contributed by atoms with Crippen LogP contribution in [0.25, 0.3) is 22.0 Å². The topological polar surface area (TPSA) is 37.8 Å². The number of benzene rings is 3. The lowest BCUT2D eigenvalue weighted by Gasteiger charge is -2.13. The second-order valence-electron chi connectivity index (χ2n) is 6.52. The fraction of sp³-hybridized carbons (Fsp3) is 0.0909. The van der Waals surface area contributed by atoms with Crippen LogP contribution < -0.4 is 5.32 Å². The summed E-state index contributed by atoms with van der Waals surface area (Å²) in [5, 5.41) is 15.7. The van der Waals surface area contributed by atoms with E-state index in [4.69, 9.17) is 23.2 Å². The van der Waals surface area contributed by atoms with E-state index in [2.05, 4.69) is 41.5 Å². The van der Waals surface area contributed by atoms with Crippen LogP contribution in [0.2, 0.25) is 10.0 Å². The van der Waals surface area contributed by atoms with E-state index < -0.39 is 0 Å². The van der Waals surface area contributed by atoms with Crippen LogP contribution in [0.5, 0.6) is 0 Å². The van der Waals surface area contributed by atoms with Crippen LogP contribution in [0, 0.1) is 13.8 Å². The highest BCUT2D eigenvalue weighted by Crippen LogP contribution is 2.33. The first-order valence-corrected chi connectivity index (χ1v) is 9.33. The second kappa shape index (κ2) is 7.18. The molecule has 5 heteroatoms. The van der Waals surface area contributed by atoms with Gasteiger partial charge in [0.25, 0.3) is 0 Å². The van der Waals surface area contributed by atoms with E-state index in [-0.39, 0.29) is 0 Å². The summed E-state index contributed by atoms with van der Waals surface area (Å²) in [7, 11) is 0. The number of anilines is 2. The minimum atomic E-state index is 0.669. The first kappa shape index (κ1) is 17.8. The van der Waals surface area contributed by atoms with Gasteiger partial charge in [0.2, 0.25) is 0 Å². The van der Waals surface area contributed by atoms with Gasteiger partial charge in [0.05, 0.1) is 0 Å². The monoisotopic (exact) mass is 393 g/mol. The molecule has 0 aliphatic rings. The van der Waals surface area contributed by atoms with Crippen LogP contribution in [0.1, 0.15) is 11.1 Å². The molecule has 4 aromatic rings. The van der Waals surface area contributed by atoms with Gasteiger partial charge in [-0.2, -0.15) is 0 Å². The Hall–Kier alpha value is -2.62. The fourth-order valence-corrected chi connectivity index (χ4v) is 3.35. The maximum atomic E-state index is 6.11. The summed E-state index contributed by atoms with van der Waals surface area (Å²) in [6, 6.07) is 19.5. The average molecular weight is 394 g/mol. The summed E-state index contributed by atoms with van der Waals surface area (Å²) in [6.07, 6.45) is 0. The Kier molecular flexibility index (Phi) is 4.73. The Morgan fingerprint density at radius 3 is 2.15 bits per heavy atom. The predicted molar refractivity (Wildman–Crippen MR) is 114 cm³/mol. The molecule has 0 atom stereocenters. The van der Waals surface area contributed by atoms with E-state index in [9.17, 15) is 0 Å². The normalized spacial score (nSPS) is 11.0. The Balaban J connectivity index is 1.90. The zero-order chi connectivity index (χ0) is 19.0. The van der Waals surface area contributed by atoms with E-state index in [1.165, 1.54) is 11.1 Å². The summed E-state index contributed by atoms with van der Waals surface area (Å²) in [5.74, 6) is 0.702. The SMILES string of the molecule is Cc1cc2c(Nc3cccc(Cl)c3)nnc(-c3ccc(Cl)cc3)c2cc1C. The minimum absolute atomic E-state index is 0.669. The van der Waals surface area contributed by atoms with Gasteiger partial charge in [-0.05, 0) is 67.4 Å². The molecule has 0 spiro atoms. The summed E-state index contributed by atoms with van der Waals surface area (Å²) >= 11 is 12.1. The third-order valence-electron chi connectivity index (χ3n) is 4.60. The maximum Gasteiger partial charge on any atom is 0.161 e. The minimum Gasteiger partial charge on any atom is -0.338 e. The number of rotatable bonds is 3. The molecule has 0 bridgehead atoms. The van der Waals surface area contributed by atoms with Crippen molar-refractivity contribution in [2.75, 3.05) is 5.32 Å². The van der Waals surface area contributed by atoms with Crippen LogP contribution in [0.4, 0.5) is 11.5 Å². The zero-order valence-corrected chi connectivity index (χ0v) is 16.4. The third-order valence-corrected chi connectivity index (χ3v) is 5.09. The number of nitrogens with zero attached hydrogens (tertiary/aromatic N) is 2. The zero-order valence-electron chi connectivity index (χ0n) is 14.9. The van der Waals surface area contributed by atoms with Crippen molar-refractivity contribution in [2.45, 2.75) is 13.8 Å². The van der Waals surface area contributed by atoms with Crippen molar-refractivity contribution >= 4 is 45.5 Å². The molecule has 0 radical (unpaired) electrons. The van der Waals surface area contributed by atoms with Gasteiger partial charge in [-0.25, -0.2) is 0 Å². The van der Waals surface area contributed by atoms with Gasteiger partial charge in [-0.15, -0.1) is 10.2 Å². The van der Waals surface area contributed by atoms with Crippen molar-refractivity contribution in [3.63, 3.8) is 0 Å². The van der Waals surface area contributed by atoms with Crippen molar-refractivity contribution in [2.24, 2.45) is 0 Å². The largest absolute Gasteiger partial charge is 0.338 e. The van der Waals surface area contributed by atoms with Crippen molar-refractivity contribution in [1.29, 1.82) is 0 Å². The van der Waals surface area contributed by atoms with Gasteiger partial charge < -0.3 is 5.32 Å². The standard InChI is InChI=1S/C22H17Cl2N3/c1-13-10-19-20(11-14(13)2)22(25-18-5-3-4-17(24)12-18)27-26-21(19)15-6-8-16(23)9-7-15/h3-12H,1-2H3,(H,25,27). The lowest BCUT2D eigenvalue weighted by Crippen LogP contribution is -2.00. The number of hydrogen-bond acceptors (Lipinski definition) is 3. The quantitative estimate of drug-likeness (QED) is 0.408. The number of hydrogen-bond donors (Lipinski definition) is 1. The van der Waals surface area contributed by atoms with E-state index in [1.54, 1.807) is 0 Å². The summed E-state index contributed by atoms with van der Waals surface area (Å²) in [5.41, 5.74) is 5.09. The lowest BCUT2D eigenvalue weighted by atomic mass is 9.99. The Morgan fingerprint density at radius 2 is 1.44 bits per heavy atom. The molecular weight excluding hydrogens is 377 g/mol. The van der Waals surface area contributed by atoms with E-state index in [1.807, 2.05) is 48.5 Å². The number of nitrogens with one attached hydrogen (secondary N) is 1. The molecule has 27 heavy (non-hydrogen) atoms. The smallest absolute Gasteiger partial charge is 0.161 e. The first-order chi connectivity index (χ1) is 13.0. The summed E-state index contributed by atoms with van der Waals surface area (Å²) < 4.78 is 0. The van der Waals surface area contributed by atoms with Gasteiger partial charge in [-0.3, -0.25) is 0 Å². The van der Waals surface area contributed by atoms with Crippen LogP contribution in [-0.4, -0.2) is 10.2 Å². The number of aryl methyl sites for hydroxylation is 2. The third kappa shape index (κ3) is 3.61.